The van der Waals surface area contributed by atoms with Gasteiger partial charge in [0.2, 0.25) is 0 Å². The second-order valence-corrected chi connectivity index (χ2v) is 3.69. The third kappa shape index (κ3) is 3.40. The van der Waals surface area contributed by atoms with Gasteiger partial charge in [-0.3, -0.25) is 0 Å². The third-order valence-corrected chi connectivity index (χ3v) is 2.34. The number of anilines is 1. The van der Waals surface area contributed by atoms with Gasteiger partial charge in [-0.05, 0) is 40.8 Å². The molecule has 0 bridgehead atoms. The molecule has 0 saturated carbocycles. The second kappa shape index (κ2) is 5.29. The van der Waals surface area contributed by atoms with Crippen LogP contribution in [-0.2, 0) is 4.74 Å². The van der Waals surface area contributed by atoms with Crippen LogP contribution in [0.15, 0.2) is 18.2 Å². The molecular weight excluding hydrogens is 281 g/mol. The van der Waals surface area contributed by atoms with E-state index in [4.69, 9.17) is 15.2 Å². The highest BCUT2D eigenvalue weighted by molar-refractivity contribution is 14.1. The number of halogens is 1. The monoisotopic (exact) mass is 293 g/mol. The largest absolute Gasteiger partial charge is 0.490 e. The molecule has 13 heavy (non-hydrogen) atoms. The van der Waals surface area contributed by atoms with Gasteiger partial charge in [0.25, 0.3) is 0 Å². The summed E-state index contributed by atoms with van der Waals surface area (Å²) in [6, 6.07) is 5.57. The lowest BCUT2D eigenvalue weighted by Gasteiger charge is -2.07. The van der Waals surface area contributed by atoms with Crippen LogP contribution >= 0.6 is 22.6 Å². The molecule has 0 aromatic heterocycles. The van der Waals surface area contributed by atoms with E-state index in [9.17, 15) is 0 Å². The highest BCUT2D eigenvalue weighted by Crippen LogP contribution is 2.22. The topological polar surface area (TPSA) is 44.5 Å². The van der Waals surface area contributed by atoms with Crippen molar-refractivity contribution in [2.75, 3.05) is 26.1 Å². The van der Waals surface area contributed by atoms with Crippen molar-refractivity contribution >= 4 is 28.3 Å². The van der Waals surface area contributed by atoms with E-state index in [-0.39, 0.29) is 0 Å². The molecule has 0 aliphatic carbocycles. The molecule has 1 aromatic carbocycles. The Hall–Kier alpha value is -0.490. The fourth-order valence-corrected chi connectivity index (χ4v) is 1.56. The fraction of sp³-hybridized carbons (Fsp3) is 0.333. The van der Waals surface area contributed by atoms with E-state index in [2.05, 4.69) is 22.6 Å². The van der Waals surface area contributed by atoms with E-state index < -0.39 is 0 Å². The number of nitrogens with two attached hydrogens (primary N) is 1. The van der Waals surface area contributed by atoms with Crippen molar-refractivity contribution in [2.24, 2.45) is 0 Å². The highest BCUT2D eigenvalue weighted by Gasteiger charge is 2.00. The van der Waals surface area contributed by atoms with E-state index in [0.29, 0.717) is 13.2 Å². The zero-order valence-electron chi connectivity index (χ0n) is 7.42. The first-order valence-corrected chi connectivity index (χ1v) is 4.98. The Kier molecular flexibility index (Phi) is 4.31. The molecule has 3 nitrogen and oxygen atoms in total. The standard InChI is InChI=1S/C9H12INO2/c1-12-4-5-13-9-3-2-7(11)6-8(9)10/h2-3,6H,4-5,11H2,1H3. The summed E-state index contributed by atoms with van der Waals surface area (Å²) in [4.78, 5) is 0. The number of nitrogen functional groups attached to an aromatic ring is 1. The lowest BCUT2D eigenvalue weighted by Crippen LogP contribution is -2.05. The van der Waals surface area contributed by atoms with Crippen LogP contribution < -0.4 is 10.5 Å². The first-order chi connectivity index (χ1) is 6.24. The number of benzene rings is 1. The average Bonchev–Trinajstić information content (AvgIpc) is 2.09. The molecule has 0 fully saturated rings. The predicted molar refractivity (Wildman–Crippen MR) is 60.9 cm³/mol. The van der Waals surface area contributed by atoms with Crippen LogP contribution in [0.1, 0.15) is 0 Å². The smallest absolute Gasteiger partial charge is 0.132 e. The van der Waals surface area contributed by atoms with Gasteiger partial charge in [-0.1, -0.05) is 0 Å². The summed E-state index contributed by atoms with van der Waals surface area (Å²) < 4.78 is 11.3. The number of rotatable bonds is 4. The molecule has 1 rings (SSSR count). The molecular formula is C9H12INO2. The number of hydrogen-bond acceptors (Lipinski definition) is 3. The SMILES string of the molecule is COCCOc1ccc(N)cc1I. The molecule has 0 aliphatic heterocycles. The van der Waals surface area contributed by atoms with Gasteiger partial charge >= 0.3 is 0 Å². The molecule has 0 heterocycles. The normalized spacial score (nSPS) is 10.0. The first-order valence-electron chi connectivity index (χ1n) is 3.91. The first kappa shape index (κ1) is 10.6. The lowest BCUT2D eigenvalue weighted by atomic mass is 10.3. The van der Waals surface area contributed by atoms with E-state index in [1.165, 1.54) is 0 Å². The summed E-state index contributed by atoms with van der Waals surface area (Å²) in [5.74, 6) is 0.854. The molecule has 0 radical (unpaired) electrons. The molecule has 0 spiro atoms. The van der Waals surface area contributed by atoms with Crippen LogP contribution in [0.5, 0.6) is 5.75 Å². The minimum absolute atomic E-state index is 0.566. The minimum Gasteiger partial charge on any atom is -0.490 e. The van der Waals surface area contributed by atoms with Crippen molar-refractivity contribution < 1.29 is 9.47 Å². The summed E-state index contributed by atoms with van der Waals surface area (Å²) in [5.41, 5.74) is 6.35. The van der Waals surface area contributed by atoms with Crippen molar-refractivity contribution in [3.8, 4) is 5.75 Å². The quantitative estimate of drug-likeness (QED) is 0.524. The Morgan fingerprint density at radius 2 is 2.15 bits per heavy atom. The van der Waals surface area contributed by atoms with Gasteiger partial charge in [-0.15, -0.1) is 0 Å². The Balaban J connectivity index is 2.56. The molecule has 4 heteroatoms. The van der Waals surface area contributed by atoms with Gasteiger partial charge in [0.1, 0.15) is 12.4 Å². The van der Waals surface area contributed by atoms with E-state index >= 15 is 0 Å². The summed E-state index contributed by atoms with van der Waals surface area (Å²) >= 11 is 2.19. The van der Waals surface area contributed by atoms with E-state index in [1.807, 2.05) is 18.2 Å². The molecule has 0 unspecified atom stereocenters. The maximum absolute atomic E-state index is 5.60. The zero-order valence-corrected chi connectivity index (χ0v) is 9.58. The summed E-state index contributed by atoms with van der Waals surface area (Å²) in [6.07, 6.45) is 0. The molecule has 0 atom stereocenters. The Morgan fingerprint density at radius 3 is 2.77 bits per heavy atom. The molecule has 72 valence electrons. The highest BCUT2D eigenvalue weighted by atomic mass is 127. The minimum atomic E-state index is 0.566. The molecule has 0 saturated heterocycles. The van der Waals surface area contributed by atoms with Gasteiger partial charge in [0.05, 0.1) is 10.2 Å². The Bertz CT molecular complexity index is 278. The van der Waals surface area contributed by atoms with Crippen LogP contribution in [0.25, 0.3) is 0 Å². The van der Waals surface area contributed by atoms with Gasteiger partial charge in [-0.2, -0.15) is 0 Å². The molecule has 0 aliphatic rings. The zero-order chi connectivity index (χ0) is 9.68. The lowest BCUT2D eigenvalue weighted by molar-refractivity contribution is 0.146. The van der Waals surface area contributed by atoms with Gasteiger partial charge in [-0.25, -0.2) is 0 Å². The number of ether oxygens (including phenoxy) is 2. The predicted octanol–water partition coefficient (Wildman–Crippen LogP) is 1.90. The van der Waals surface area contributed by atoms with Crippen LogP contribution in [0.4, 0.5) is 5.69 Å². The maximum atomic E-state index is 5.60. The van der Waals surface area contributed by atoms with Crippen molar-refractivity contribution in [3.63, 3.8) is 0 Å². The van der Waals surface area contributed by atoms with Crippen LogP contribution in [-0.4, -0.2) is 20.3 Å². The van der Waals surface area contributed by atoms with Crippen LogP contribution in [0.3, 0.4) is 0 Å². The number of hydrogen-bond donors (Lipinski definition) is 1. The van der Waals surface area contributed by atoms with Crippen molar-refractivity contribution in [2.45, 2.75) is 0 Å². The Morgan fingerprint density at radius 1 is 1.38 bits per heavy atom. The molecule has 1 aromatic rings. The molecule has 2 N–H and O–H groups in total. The van der Waals surface area contributed by atoms with E-state index in [0.717, 1.165) is 15.0 Å². The van der Waals surface area contributed by atoms with Gasteiger partial charge < -0.3 is 15.2 Å². The van der Waals surface area contributed by atoms with Crippen molar-refractivity contribution in [3.05, 3.63) is 21.8 Å². The van der Waals surface area contributed by atoms with E-state index in [1.54, 1.807) is 7.11 Å². The summed E-state index contributed by atoms with van der Waals surface area (Å²) in [7, 11) is 1.65. The second-order valence-electron chi connectivity index (χ2n) is 2.53. The third-order valence-electron chi connectivity index (χ3n) is 1.50. The Labute approximate surface area is 91.4 Å². The van der Waals surface area contributed by atoms with Crippen molar-refractivity contribution in [1.82, 2.24) is 0 Å². The van der Waals surface area contributed by atoms with Crippen LogP contribution in [0.2, 0.25) is 0 Å². The summed E-state index contributed by atoms with van der Waals surface area (Å²) in [5, 5.41) is 0. The van der Waals surface area contributed by atoms with Crippen LogP contribution in [0, 0.1) is 3.57 Å². The van der Waals surface area contributed by atoms with Gasteiger partial charge in [0.15, 0.2) is 0 Å². The van der Waals surface area contributed by atoms with Crippen molar-refractivity contribution in [1.29, 1.82) is 0 Å². The average molecular weight is 293 g/mol. The summed E-state index contributed by atoms with van der Waals surface area (Å²) in [6.45, 7) is 1.16. The molecule has 0 amide bonds. The maximum Gasteiger partial charge on any atom is 0.132 e. The number of methoxy groups -OCH3 is 1. The fourth-order valence-electron chi connectivity index (χ4n) is 0.869. The van der Waals surface area contributed by atoms with Gasteiger partial charge in [0, 0.05) is 12.8 Å².